The van der Waals surface area contributed by atoms with Crippen molar-refractivity contribution in [2.24, 2.45) is 10.1 Å². The Balaban J connectivity index is 1.52. The molecule has 2 aromatic rings. The predicted molar refractivity (Wildman–Crippen MR) is 104 cm³/mol. The summed E-state index contributed by atoms with van der Waals surface area (Å²) in [6, 6.07) is 12.5. The molecule has 3 rings (SSSR count). The van der Waals surface area contributed by atoms with E-state index in [1.54, 1.807) is 43.5 Å². The van der Waals surface area contributed by atoms with E-state index in [1.807, 2.05) is 0 Å². The summed E-state index contributed by atoms with van der Waals surface area (Å²) in [7, 11) is 1.56. The second-order valence-electron chi connectivity index (χ2n) is 5.93. The van der Waals surface area contributed by atoms with E-state index in [1.165, 1.54) is 18.3 Å². The summed E-state index contributed by atoms with van der Waals surface area (Å²) in [5.41, 5.74) is 3.98. The number of aliphatic imine (C=N–C) groups is 1. The Morgan fingerprint density at radius 3 is 2.64 bits per heavy atom. The lowest BCUT2D eigenvalue weighted by Crippen LogP contribution is -2.35. The second kappa shape index (κ2) is 8.67. The Morgan fingerprint density at radius 2 is 1.96 bits per heavy atom. The molecule has 0 fully saturated rings. The molecule has 9 heteroatoms. The van der Waals surface area contributed by atoms with Crippen molar-refractivity contribution in [3.8, 4) is 11.5 Å². The molecule has 1 aliphatic rings. The van der Waals surface area contributed by atoms with Crippen molar-refractivity contribution in [2.45, 2.75) is 12.5 Å². The van der Waals surface area contributed by atoms with E-state index in [9.17, 15) is 14.7 Å². The number of phenols is 1. The van der Waals surface area contributed by atoms with Gasteiger partial charge in [-0.3, -0.25) is 14.9 Å². The van der Waals surface area contributed by atoms with Gasteiger partial charge < -0.3 is 15.2 Å². The van der Waals surface area contributed by atoms with Crippen LogP contribution in [0.25, 0.3) is 0 Å². The molecule has 0 radical (unpaired) electrons. The van der Waals surface area contributed by atoms with Crippen LogP contribution in [0.15, 0.2) is 58.6 Å². The van der Waals surface area contributed by atoms with Crippen LogP contribution < -0.4 is 20.8 Å². The number of phenolic OH excluding ortho intramolecular Hbond substituents is 1. The number of nitrogens with zero attached hydrogens (tertiary/aromatic N) is 2. The molecule has 1 heterocycles. The largest absolute Gasteiger partial charge is 0.508 e. The van der Waals surface area contributed by atoms with Gasteiger partial charge in [0.1, 0.15) is 17.5 Å². The van der Waals surface area contributed by atoms with Crippen molar-refractivity contribution < 1.29 is 19.4 Å². The first-order chi connectivity index (χ1) is 13.5. The monoisotopic (exact) mass is 381 g/mol. The van der Waals surface area contributed by atoms with Crippen LogP contribution in [-0.2, 0) is 9.59 Å². The number of carbonyl (C=O) groups is 2. The molecule has 2 aromatic carbocycles. The number of hydrogen-bond acceptors (Lipinski definition) is 7. The first kappa shape index (κ1) is 18.9. The summed E-state index contributed by atoms with van der Waals surface area (Å²) in [6.07, 6.45) is 1.42. The van der Waals surface area contributed by atoms with Gasteiger partial charge in [0.05, 0.1) is 19.7 Å². The van der Waals surface area contributed by atoms with Gasteiger partial charge in [-0.2, -0.15) is 5.10 Å². The van der Waals surface area contributed by atoms with Gasteiger partial charge in [-0.05, 0) is 54.1 Å². The number of aromatic hydroxyl groups is 1. The molecule has 1 aliphatic heterocycles. The third-order valence-electron chi connectivity index (χ3n) is 3.86. The number of methoxy groups -OCH3 is 1. The fraction of sp³-hybridized carbons (Fsp3) is 0.158. The SMILES string of the molecule is COc1ccc(NC(=O)C[C@H]2N=C(N/N=C\c3ccc(O)cc3)NC2=O)cc1. The molecule has 0 aliphatic carbocycles. The fourth-order valence-corrected chi connectivity index (χ4v) is 2.43. The average molecular weight is 381 g/mol. The third-order valence-corrected chi connectivity index (χ3v) is 3.86. The van der Waals surface area contributed by atoms with E-state index in [2.05, 4.69) is 26.2 Å². The number of amides is 2. The summed E-state index contributed by atoms with van der Waals surface area (Å²) >= 11 is 0. The number of hydrazone groups is 1. The molecule has 0 aromatic heterocycles. The Hall–Kier alpha value is -3.88. The number of rotatable bonds is 6. The molecule has 0 saturated heterocycles. The lowest BCUT2D eigenvalue weighted by atomic mass is 10.2. The minimum atomic E-state index is -0.829. The first-order valence-corrected chi connectivity index (χ1v) is 8.44. The molecule has 144 valence electrons. The molecule has 9 nitrogen and oxygen atoms in total. The molecule has 4 N–H and O–H groups in total. The maximum Gasteiger partial charge on any atom is 0.252 e. The Morgan fingerprint density at radius 1 is 1.25 bits per heavy atom. The molecule has 0 bridgehead atoms. The average Bonchev–Trinajstić information content (AvgIpc) is 3.03. The topological polar surface area (TPSA) is 124 Å². The minimum absolute atomic E-state index is 0.0925. The van der Waals surface area contributed by atoms with Gasteiger partial charge >= 0.3 is 0 Å². The highest BCUT2D eigenvalue weighted by Gasteiger charge is 2.28. The van der Waals surface area contributed by atoms with Crippen LogP contribution in [0.1, 0.15) is 12.0 Å². The van der Waals surface area contributed by atoms with Gasteiger partial charge in [0.2, 0.25) is 11.9 Å². The zero-order valence-corrected chi connectivity index (χ0v) is 15.0. The van der Waals surface area contributed by atoms with Crippen molar-refractivity contribution in [2.75, 3.05) is 12.4 Å². The summed E-state index contributed by atoms with van der Waals surface area (Å²) in [6.45, 7) is 0. The van der Waals surface area contributed by atoms with E-state index < -0.39 is 6.04 Å². The molecular formula is C19H19N5O4. The maximum atomic E-state index is 12.1. The molecule has 0 unspecified atom stereocenters. The predicted octanol–water partition coefficient (Wildman–Crippen LogP) is 1.21. The summed E-state index contributed by atoms with van der Waals surface area (Å²) in [5, 5.41) is 18.5. The normalized spacial score (nSPS) is 15.8. The number of hydrogen-bond donors (Lipinski definition) is 4. The van der Waals surface area contributed by atoms with Gasteiger partial charge in [-0.1, -0.05) is 0 Å². The zero-order valence-electron chi connectivity index (χ0n) is 15.0. The Bertz CT molecular complexity index is 907. The van der Waals surface area contributed by atoms with Crippen LogP contribution in [0, 0.1) is 0 Å². The minimum Gasteiger partial charge on any atom is -0.508 e. The van der Waals surface area contributed by atoms with E-state index in [0.29, 0.717) is 11.4 Å². The highest BCUT2D eigenvalue weighted by Crippen LogP contribution is 2.16. The van der Waals surface area contributed by atoms with Crippen LogP contribution in [0.3, 0.4) is 0 Å². The Kier molecular flexibility index (Phi) is 5.85. The second-order valence-corrected chi connectivity index (χ2v) is 5.93. The molecule has 28 heavy (non-hydrogen) atoms. The maximum absolute atomic E-state index is 12.1. The van der Waals surface area contributed by atoms with Crippen molar-refractivity contribution in [1.29, 1.82) is 0 Å². The number of ether oxygens (including phenoxy) is 1. The Labute approximate surface area is 161 Å². The van der Waals surface area contributed by atoms with Crippen LogP contribution in [0.4, 0.5) is 5.69 Å². The lowest BCUT2D eigenvalue weighted by Gasteiger charge is -2.07. The number of anilines is 1. The molecule has 0 spiro atoms. The van der Waals surface area contributed by atoms with Crippen molar-refractivity contribution in [1.82, 2.24) is 10.7 Å². The molecule has 0 saturated carbocycles. The van der Waals surface area contributed by atoms with E-state index in [4.69, 9.17) is 4.74 Å². The van der Waals surface area contributed by atoms with E-state index in [0.717, 1.165) is 5.56 Å². The highest BCUT2D eigenvalue weighted by molar-refractivity contribution is 6.07. The standard InChI is InChI=1S/C19H19N5O4/c1-28-15-8-4-13(5-9-15)21-17(26)10-16-18(27)23-19(22-16)24-20-11-12-2-6-14(25)7-3-12/h2-9,11,16,25H,10H2,1H3,(H,21,26)(H2,22,23,24,27)/b20-11-/t16-/m1/s1. The van der Waals surface area contributed by atoms with Gasteiger partial charge in [-0.15, -0.1) is 0 Å². The quantitative estimate of drug-likeness (QED) is 0.442. The number of benzene rings is 2. The number of carbonyl (C=O) groups excluding carboxylic acids is 2. The van der Waals surface area contributed by atoms with E-state index >= 15 is 0 Å². The van der Waals surface area contributed by atoms with Crippen LogP contribution >= 0.6 is 0 Å². The summed E-state index contributed by atoms with van der Waals surface area (Å²) in [4.78, 5) is 28.3. The van der Waals surface area contributed by atoms with Gasteiger partial charge in [0.25, 0.3) is 5.91 Å². The van der Waals surface area contributed by atoms with Crippen LogP contribution in [-0.4, -0.2) is 42.2 Å². The fourth-order valence-electron chi connectivity index (χ4n) is 2.43. The van der Waals surface area contributed by atoms with E-state index in [-0.39, 0.29) is 29.9 Å². The lowest BCUT2D eigenvalue weighted by molar-refractivity contribution is -0.123. The molecule has 1 atom stereocenters. The summed E-state index contributed by atoms with van der Waals surface area (Å²) < 4.78 is 5.06. The molecule has 2 amide bonds. The molecular weight excluding hydrogens is 362 g/mol. The van der Waals surface area contributed by atoms with Crippen molar-refractivity contribution >= 4 is 29.7 Å². The number of guanidine groups is 1. The highest BCUT2D eigenvalue weighted by atomic mass is 16.5. The third kappa shape index (κ3) is 5.07. The van der Waals surface area contributed by atoms with Crippen LogP contribution in [0.5, 0.6) is 11.5 Å². The van der Waals surface area contributed by atoms with Gasteiger partial charge in [0, 0.05) is 5.69 Å². The van der Waals surface area contributed by atoms with Crippen LogP contribution in [0.2, 0.25) is 0 Å². The van der Waals surface area contributed by atoms with Crippen molar-refractivity contribution in [3.05, 3.63) is 54.1 Å². The summed E-state index contributed by atoms with van der Waals surface area (Å²) in [5.74, 6) is 0.298. The zero-order chi connectivity index (χ0) is 19.9. The smallest absolute Gasteiger partial charge is 0.252 e. The first-order valence-electron chi connectivity index (χ1n) is 8.44. The van der Waals surface area contributed by atoms with Gasteiger partial charge in [-0.25, -0.2) is 10.4 Å². The van der Waals surface area contributed by atoms with Gasteiger partial charge in [0.15, 0.2) is 0 Å². The van der Waals surface area contributed by atoms with Crippen molar-refractivity contribution in [3.63, 3.8) is 0 Å². The number of nitrogens with one attached hydrogen (secondary N) is 3.